The molecule has 0 unspecified atom stereocenters. The third-order valence-corrected chi connectivity index (χ3v) is 12.8. The van der Waals surface area contributed by atoms with Gasteiger partial charge in [-0.3, -0.25) is 39.5 Å². The lowest BCUT2D eigenvalue weighted by Gasteiger charge is -2.32. The summed E-state index contributed by atoms with van der Waals surface area (Å²) in [5.41, 5.74) is 8.06. The number of nitro benzene ring substituents is 1. The molecule has 18 heteroatoms. The average molecular weight is 949 g/mol. The largest absolute Gasteiger partial charge is 0.419 e. The highest BCUT2D eigenvalue weighted by atomic mass is 19.1. The van der Waals surface area contributed by atoms with Crippen LogP contribution < -0.4 is 14.5 Å². The van der Waals surface area contributed by atoms with E-state index in [1.165, 1.54) is 60.5 Å². The summed E-state index contributed by atoms with van der Waals surface area (Å²) in [4.78, 5) is 81.0. The van der Waals surface area contributed by atoms with E-state index in [2.05, 4.69) is 9.97 Å². The summed E-state index contributed by atoms with van der Waals surface area (Å²) in [5.74, 6) is -0.838. The van der Waals surface area contributed by atoms with Crippen molar-refractivity contribution in [2.24, 2.45) is 0 Å². The first-order valence-corrected chi connectivity index (χ1v) is 22.4. The second-order valence-corrected chi connectivity index (χ2v) is 17.1. The maximum Gasteiger partial charge on any atom is 0.419 e. The number of fused-ring (bicyclic) bond motifs is 4. The number of aryl methyl sites for hydroxylation is 2. The molecule has 0 spiro atoms. The van der Waals surface area contributed by atoms with Gasteiger partial charge in [0.05, 0.1) is 51.7 Å². The zero-order valence-corrected chi connectivity index (χ0v) is 38.6. The third kappa shape index (κ3) is 8.91. The first kappa shape index (κ1) is 46.7. The molecule has 2 aromatic heterocycles. The van der Waals surface area contributed by atoms with E-state index in [0.717, 1.165) is 27.6 Å². The van der Waals surface area contributed by atoms with Crippen LogP contribution >= 0.6 is 0 Å². The van der Waals surface area contributed by atoms with Gasteiger partial charge in [-0.05, 0) is 96.8 Å². The fourth-order valence-corrected chi connectivity index (χ4v) is 9.37. The fraction of sp³-hybridized carbons (Fsp3) is 0.231. The van der Waals surface area contributed by atoms with Gasteiger partial charge in [0, 0.05) is 99.8 Å². The average Bonchev–Trinajstić information content (AvgIpc) is 3.87. The molecule has 0 saturated carbocycles. The van der Waals surface area contributed by atoms with Gasteiger partial charge in [-0.2, -0.15) is 0 Å². The highest BCUT2D eigenvalue weighted by molar-refractivity contribution is 6.13. The van der Waals surface area contributed by atoms with Crippen molar-refractivity contribution < 1.29 is 42.4 Å². The lowest BCUT2D eigenvalue weighted by molar-refractivity contribution is -0.384. The van der Waals surface area contributed by atoms with Crippen LogP contribution in [0.3, 0.4) is 0 Å². The van der Waals surface area contributed by atoms with Crippen molar-refractivity contribution in [2.75, 3.05) is 50.2 Å². The van der Waals surface area contributed by atoms with Gasteiger partial charge in [-0.15, -0.1) is 0 Å². The molecule has 0 N–H and O–H groups in total. The molecule has 5 aromatic carbocycles. The summed E-state index contributed by atoms with van der Waals surface area (Å²) in [6.07, 6.45) is 2.59. The molecule has 0 bridgehead atoms. The van der Waals surface area contributed by atoms with Crippen molar-refractivity contribution in [3.63, 3.8) is 0 Å². The second kappa shape index (κ2) is 19.3. The Bertz CT molecular complexity index is 3220. The predicted octanol–water partition coefficient (Wildman–Crippen LogP) is 9.11. The van der Waals surface area contributed by atoms with Gasteiger partial charge >= 0.3 is 12.1 Å². The van der Waals surface area contributed by atoms with Crippen LogP contribution in [0.1, 0.15) is 54.1 Å². The minimum absolute atomic E-state index is 0.104. The number of anilines is 2. The molecule has 70 heavy (non-hydrogen) atoms. The van der Waals surface area contributed by atoms with Gasteiger partial charge in [-0.25, -0.2) is 18.4 Å². The van der Waals surface area contributed by atoms with Gasteiger partial charge in [0.25, 0.3) is 17.5 Å². The molecule has 3 aliphatic rings. The second-order valence-electron chi connectivity index (χ2n) is 17.1. The SMILES string of the molecule is Cc1c2c(c(N(C)C(=O)N3CCOCC3)c3cccnc13)CN(Cc1ccc(F)cc1)C2=O.Cc1c2c(c(N(C)C(=O)Oc3ccc([N+](=O)[O-])cc3)c3cccnc13)CN(Cc1ccc(F)cc1)C2=O. The number of halogens is 2. The molecule has 5 amide bonds. The Balaban J connectivity index is 0.000000175. The maximum absolute atomic E-state index is 13.5. The number of hydrogen-bond acceptors (Lipinski definition) is 10. The monoisotopic (exact) mass is 948 g/mol. The van der Waals surface area contributed by atoms with Crippen molar-refractivity contribution in [1.29, 1.82) is 0 Å². The van der Waals surface area contributed by atoms with Crippen molar-refractivity contribution in [3.05, 3.63) is 176 Å². The minimum Gasteiger partial charge on any atom is -0.410 e. The van der Waals surface area contributed by atoms with E-state index < -0.39 is 11.0 Å². The Labute approximate surface area is 400 Å². The number of nitrogens with zero attached hydrogens (tertiary/aromatic N) is 8. The molecule has 16 nitrogen and oxygen atoms in total. The number of urea groups is 1. The molecular weight excluding hydrogens is 903 g/mol. The molecule has 0 atom stereocenters. The van der Waals surface area contributed by atoms with Crippen LogP contribution in [0.25, 0.3) is 21.8 Å². The van der Waals surface area contributed by atoms with Crippen molar-refractivity contribution in [3.8, 4) is 5.75 Å². The standard InChI is InChI=1S/C27H21FN4O5.C25H25FN4O3/c1-16-23-22(15-31(26(23)33)14-17-5-7-18(28)8-6-17)25(21-4-3-13-29-24(16)21)30(2)27(34)37-20-11-9-19(10-12-20)32(35)36;1-16-21-20(15-30(24(21)31)14-17-5-7-18(26)8-6-17)23(19-4-3-9-27-22(16)19)28(2)25(32)29-10-12-33-13-11-29/h3-13H,14-15H2,1-2H3;3-9H,10-15H2,1-2H3. The number of morpholine rings is 1. The van der Waals surface area contributed by atoms with E-state index in [1.807, 2.05) is 32.0 Å². The molecule has 10 rings (SSSR count). The zero-order chi connectivity index (χ0) is 49.4. The van der Waals surface area contributed by atoms with Gasteiger partial charge in [-0.1, -0.05) is 24.3 Å². The number of aromatic nitrogens is 2. The van der Waals surface area contributed by atoms with Crippen molar-refractivity contribution >= 4 is 62.8 Å². The first-order valence-electron chi connectivity index (χ1n) is 22.4. The summed E-state index contributed by atoms with van der Waals surface area (Å²) < 4.78 is 37.6. The Hall–Kier alpha value is -8.38. The molecule has 356 valence electrons. The Morgan fingerprint density at radius 2 is 1.16 bits per heavy atom. The van der Waals surface area contributed by atoms with Crippen molar-refractivity contribution in [1.82, 2.24) is 24.7 Å². The summed E-state index contributed by atoms with van der Waals surface area (Å²) in [6.45, 7) is 7.05. The van der Waals surface area contributed by atoms with Crippen LogP contribution in [0.2, 0.25) is 0 Å². The summed E-state index contributed by atoms with van der Waals surface area (Å²) in [5, 5.41) is 12.4. The van der Waals surface area contributed by atoms with Gasteiger partial charge in [0.1, 0.15) is 17.4 Å². The smallest absolute Gasteiger partial charge is 0.410 e. The molecular formula is C52H46F2N8O8. The first-order chi connectivity index (χ1) is 33.7. The van der Waals surface area contributed by atoms with E-state index in [9.17, 15) is 38.1 Å². The highest BCUT2D eigenvalue weighted by Crippen LogP contribution is 2.43. The van der Waals surface area contributed by atoms with Crippen LogP contribution in [-0.4, -0.2) is 93.9 Å². The summed E-state index contributed by atoms with van der Waals surface area (Å²) in [6, 6.07) is 24.5. The lowest BCUT2D eigenvalue weighted by Crippen LogP contribution is -2.47. The number of hydrogen-bond donors (Lipinski definition) is 0. The van der Waals surface area contributed by atoms with E-state index in [0.29, 0.717) is 89.4 Å². The topological polar surface area (TPSA) is 172 Å². The van der Waals surface area contributed by atoms with E-state index in [-0.39, 0.29) is 54.0 Å². The molecule has 5 heterocycles. The molecule has 0 aliphatic carbocycles. The molecule has 3 aliphatic heterocycles. The fourth-order valence-electron chi connectivity index (χ4n) is 9.37. The number of amides is 5. The van der Waals surface area contributed by atoms with Crippen LogP contribution in [0.4, 0.5) is 35.4 Å². The molecule has 1 fully saturated rings. The molecule has 1 saturated heterocycles. The summed E-state index contributed by atoms with van der Waals surface area (Å²) >= 11 is 0. The zero-order valence-electron chi connectivity index (χ0n) is 38.6. The number of pyridine rings is 2. The Kier molecular flexibility index (Phi) is 12.9. The van der Waals surface area contributed by atoms with Crippen LogP contribution in [0.15, 0.2) is 109 Å². The molecule has 7 aromatic rings. The van der Waals surface area contributed by atoms with Gasteiger partial charge in [0.15, 0.2) is 0 Å². The number of carbonyl (C=O) groups is 4. The van der Waals surface area contributed by atoms with E-state index in [4.69, 9.17) is 9.47 Å². The Morgan fingerprint density at radius 1 is 0.700 bits per heavy atom. The van der Waals surface area contributed by atoms with Gasteiger partial charge in [0.2, 0.25) is 0 Å². The quantitative estimate of drug-likeness (QED) is 0.106. The number of benzene rings is 5. The highest BCUT2D eigenvalue weighted by Gasteiger charge is 2.38. The minimum atomic E-state index is -0.727. The van der Waals surface area contributed by atoms with Crippen LogP contribution in [0.5, 0.6) is 5.75 Å². The van der Waals surface area contributed by atoms with E-state index in [1.54, 1.807) is 69.4 Å². The van der Waals surface area contributed by atoms with Crippen LogP contribution in [-0.2, 0) is 30.9 Å². The van der Waals surface area contributed by atoms with E-state index >= 15 is 0 Å². The van der Waals surface area contributed by atoms with Crippen LogP contribution in [0, 0.1) is 35.6 Å². The Morgan fingerprint density at radius 3 is 1.61 bits per heavy atom. The third-order valence-electron chi connectivity index (χ3n) is 12.8. The number of nitro groups is 1. The molecule has 0 radical (unpaired) electrons. The van der Waals surface area contributed by atoms with Gasteiger partial charge < -0.3 is 24.2 Å². The lowest BCUT2D eigenvalue weighted by atomic mass is 9.96. The maximum atomic E-state index is 13.5. The normalized spacial score (nSPS) is 14.1. The summed E-state index contributed by atoms with van der Waals surface area (Å²) in [7, 11) is 3.29. The number of non-ortho nitro benzene ring substituents is 1. The van der Waals surface area contributed by atoms with Crippen molar-refractivity contribution in [2.45, 2.75) is 40.0 Å². The number of rotatable bonds is 8. The number of carbonyl (C=O) groups excluding carboxylic acids is 4. The predicted molar refractivity (Wildman–Crippen MR) is 257 cm³/mol. The number of ether oxygens (including phenoxy) is 2.